The summed E-state index contributed by atoms with van der Waals surface area (Å²) in [5.41, 5.74) is 3.40. The molecule has 1 aromatic carbocycles. The molecule has 1 aliphatic rings. The number of amides is 2. The van der Waals surface area contributed by atoms with Crippen LogP contribution in [0.25, 0.3) is 0 Å². The number of rotatable bonds is 4. The van der Waals surface area contributed by atoms with Crippen molar-refractivity contribution in [3.8, 4) is 0 Å². The van der Waals surface area contributed by atoms with Crippen LogP contribution in [-0.2, 0) is 16.6 Å². The number of hydrogen-bond acceptors (Lipinski definition) is 4. The lowest BCUT2D eigenvalue weighted by atomic mass is 9.81. The van der Waals surface area contributed by atoms with Gasteiger partial charge in [-0.05, 0) is 55.8 Å². The summed E-state index contributed by atoms with van der Waals surface area (Å²) < 4.78 is 0.542. The van der Waals surface area contributed by atoms with Gasteiger partial charge in [-0.15, -0.1) is 11.3 Å². The van der Waals surface area contributed by atoms with E-state index in [1.807, 2.05) is 6.07 Å². The Balaban J connectivity index is 1.68. The van der Waals surface area contributed by atoms with Gasteiger partial charge in [0.1, 0.15) is 6.04 Å². The van der Waals surface area contributed by atoms with E-state index in [0.717, 1.165) is 25.2 Å². The van der Waals surface area contributed by atoms with Gasteiger partial charge in [-0.1, -0.05) is 31.5 Å². The van der Waals surface area contributed by atoms with Crippen LogP contribution < -0.4 is 10.6 Å². The Hall–Kier alpha value is -1.89. The molecule has 2 aromatic rings. The van der Waals surface area contributed by atoms with Gasteiger partial charge < -0.3 is 15.5 Å². The van der Waals surface area contributed by atoms with Crippen LogP contribution in [0.1, 0.15) is 41.6 Å². The second-order valence-corrected chi connectivity index (χ2v) is 9.75. The van der Waals surface area contributed by atoms with Crippen molar-refractivity contribution in [3.63, 3.8) is 0 Å². The minimum Gasteiger partial charge on any atom is -0.340 e. The van der Waals surface area contributed by atoms with E-state index in [4.69, 9.17) is 11.6 Å². The van der Waals surface area contributed by atoms with Crippen molar-refractivity contribution < 1.29 is 9.59 Å². The third-order valence-corrected chi connectivity index (χ3v) is 6.30. The maximum absolute atomic E-state index is 12.5. The second-order valence-electron chi connectivity index (χ2n) is 8.03. The Morgan fingerprint density at radius 2 is 2.00 bits per heavy atom. The molecule has 1 aliphatic heterocycles. The molecule has 1 atom stereocenters. The highest BCUT2D eigenvalue weighted by atomic mass is 35.5. The molecular formula is C21H26ClN3O2S. The molecule has 7 heteroatoms. The van der Waals surface area contributed by atoms with E-state index in [1.165, 1.54) is 22.5 Å². The fourth-order valence-corrected chi connectivity index (χ4v) is 4.66. The van der Waals surface area contributed by atoms with Crippen molar-refractivity contribution in [1.82, 2.24) is 10.2 Å². The first-order chi connectivity index (χ1) is 13.2. The van der Waals surface area contributed by atoms with Gasteiger partial charge in [0.2, 0.25) is 5.91 Å². The molecule has 0 saturated carbocycles. The SMILES string of the molecule is CC(NC(=O)c1ccc(Cl)s1)C(=O)Nc1ccc2c(c1)CCN(C)CC2(C)C. The summed E-state index contributed by atoms with van der Waals surface area (Å²) in [6, 6.07) is 8.77. The Morgan fingerprint density at radius 3 is 2.68 bits per heavy atom. The number of nitrogens with one attached hydrogen (secondary N) is 2. The third kappa shape index (κ3) is 4.74. The molecule has 5 nitrogen and oxygen atoms in total. The summed E-state index contributed by atoms with van der Waals surface area (Å²) >= 11 is 7.05. The van der Waals surface area contributed by atoms with Crippen LogP contribution in [0.5, 0.6) is 0 Å². The van der Waals surface area contributed by atoms with Crippen LogP contribution in [0.3, 0.4) is 0 Å². The molecule has 1 aromatic heterocycles. The molecule has 0 fully saturated rings. The Morgan fingerprint density at radius 1 is 1.25 bits per heavy atom. The molecule has 28 heavy (non-hydrogen) atoms. The lowest BCUT2D eigenvalue weighted by molar-refractivity contribution is -0.117. The maximum atomic E-state index is 12.5. The largest absolute Gasteiger partial charge is 0.340 e. The van der Waals surface area contributed by atoms with Crippen LogP contribution in [-0.4, -0.2) is 42.9 Å². The van der Waals surface area contributed by atoms with E-state index in [2.05, 4.69) is 48.6 Å². The normalized spacial score (nSPS) is 17.3. The van der Waals surface area contributed by atoms with Crippen molar-refractivity contribution in [3.05, 3.63) is 50.7 Å². The number of carbonyl (C=O) groups excluding carboxylic acids is 2. The van der Waals surface area contributed by atoms with Crippen LogP contribution in [0.4, 0.5) is 5.69 Å². The molecule has 1 unspecified atom stereocenters. The highest BCUT2D eigenvalue weighted by molar-refractivity contribution is 7.18. The number of fused-ring (bicyclic) bond motifs is 1. The number of halogens is 1. The molecular weight excluding hydrogens is 394 g/mol. The summed E-state index contributed by atoms with van der Waals surface area (Å²) in [6.07, 6.45) is 0.949. The molecule has 0 radical (unpaired) electrons. The highest BCUT2D eigenvalue weighted by Crippen LogP contribution is 2.32. The molecule has 2 N–H and O–H groups in total. The van der Waals surface area contributed by atoms with Gasteiger partial charge in [-0.3, -0.25) is 9.59 Å². The van der Waals surface area contributed by atoms with Gasteiger partial charge >= 0.3 is 0 Å². The lowest BCUT2D eigenvalue weighted by Gasteiger charge is -2.28. The van der Waals surface area contributed by atoms with Crippen molar-refractivity contribution in [2.75, 3.05) is 25.5 Å². The van der Waals surface area contributed by atoms with E-state index in [9.17, 15) is 9.59 Å². The zero-order valence-corrected chi connectivity index (χ0v) is 18.2. The highest BCUT2D eigenvalue weighted by Gasteiger charge is 2.28. The monoisotopic (exact) mass is 419 g/mol. The first-order valence-electron chi connectivity index (χ1n) is 9.35. The van der Waals surface area contributed by atoms with Crippen molar-refractivity contribution in [1.29, 1.82) is 0 Å². The maximum Gasteiger partial charge on any atom is 0.262 e. The van der Waals surface area contributed by atoms with Gasteiger partial charge in [0.05, 0.1) is 9.21 Å². The second kappa shape index (κ2) is 8.23. The van der Waals surface area contributed by atoms with E-state index >= 15 is 0 Å². The van der Waals surface area contributed by atoms with Crippen molar-refractivity contribution in [2.45, 2.75) is 38.6 Å². The van der Waals surface area contributed by atoms with Crippen LogP contribution in [0, 0.1) is 0 Å². The predicted molar refractivity (Wildman–Crippen MR) is 116 cm³/mol. The number of likely N-dealkylation sites (N-methyl/N-ethyl adjacent to an activating group) is 1. The topological polar surface area (TPSA) is 61.4 Å². The van der Waals surface area contributed by atoms with Crippen molar-refractivity contribution >= 4 is 40.4 Å². The van der Waals surface area contributed by atoms with E-state index in [-0.39, 0.29) is 17.2 Å². The number of anilines is 1. The molecule has 0 spiro atoms. The Labute approximate surface area is 175 Å². The lowest BCUT2D eigenvalue weighted by Crippen LogP contribution is -2.41. The summed E-state index contributed by atoms with van der Waals surface area (Å²) in [5, 5.41) is 5.64. The van der Waals surface area contributed by atoms with Gasteiger partial charge in [-0.2, -0.15) is 0 Å². The average Bonchev–Trinajstić information content (AvgIpc) is 3.01. The molecule has 2 heterocycles. The summed E-state index contributed by atoms with van der Waals surface area (Å²) in [7, 11) is 2.14. The Kier molecular flexibility index (Phi) is 6.12. The summed E-state index contributed by atoms with van der Waals surface area (Å²) in [6.45, 7) is 8.16. The fourth-order valence-electron chi connectivity index (χ4n) is 3.71. The first kappa shape index (κ1) is 20.8. The third-order valence-electron chi connectivity index (χ3n) is 5.07. The molecule has 0 saturated heterocycles. The number of hydrogen-bond donors (Lipinski definition) is 2. The Bertz CT molecular complexity index is 894. The van der Waals surface area contributed by atoms with Gasteiger partial charge in [0, 0.05) is 24.2 Å². The van der Waals surface area contributed by atoms with Crippen LogP contribution >= 0.6 is 22.9 Å². The number of nitrogens with zero attached hydrogens (tertiary/aromatic N) is 1. The standard InChI is InChI=1S/C21H26ClN3O2S/c1-13(23-20(27)17-7-8-18(22)28-17)19(26)24-15-5-6-16-14(11-15)9-10-25(4)12-21(16,2)3/h5-8,11,13H,9-10,12H2,1-4H3,(H,23,27)(H,24,26). The van der Waals surface area contributed by atoms with Gasteiger partial charge in [-0.25, -0.2) is 0 Å². The fraction of sp³-hybridized carbons (Fsp3) is 0.429. The number of thiophene rings is 1. The van der Waals surface area contributed by atoms with E-state index in [1.54, 1.807) is 19.1 Å². The summed E-state index contributed by atoms with van der Waals surface area (Å²) in [5.74, 6) is -0.549. The number of carbonyl (C=O) groups is 2. The zero-order valence-electron chi connectivity index (χ0n) is 16.6. The summed E-state index contributed by atoms with van der Waals surface area (Å²) in [4.78, 5) is 27.6. The molecule has 150 valence electrons. The minimum atomic E-state index is -0.658. The number of benzene rings is 1. The van der Waals surface area contributed by atoms with E-state index in [0.29, 0.717) is 9.21 Å². The van der Waals surface area contributed by atoms with Gasteiger partial charge in [0.25, 0.3) is 5.91 Å². The molecule has 3 rings (SSSR count). The zero-order chi connectivity index (χ0) is 20.5. The van der Waals surface area contributed by atoms with Crippen LogP contribution in [0.2, 0.25) is 4.34 Å². The minimum absolute atomic E-state index is 0.0619. The van der Waals surface area contributed by atoms with Crippen molar-refractivity contribution in [2.24, 2.45) is 0 Å². The van der Waals surface area contributed by atoms with Crippen LogP contribution in [0.15, 0.2) is 30.3 Å². The first-order valence-corrected chi connectivity index (χ1v) is 10.5. The van der Waals surface area contributed by atoms with Gasteiger partial charge in [0.15, 0.2) is 0 Å². The predicted octanol–water partition coefficient (Wildman–Crippen LogP) is 3.92. The molecule has 0 aliphatic carbocycles. The quantitative estimate of drug-likeness (QED) is 0.789. The smallest absolute Gasteiger partial charge is 0.262 e. The average molecular weight is 420 g/mol. The molecule has 2 amide bonds. The molecule has 0 bridgehead atoms. The van der Waals surface area contributed by atoms with E-state index < -0.39 is 6.04 Å².